The molecule has 14 nitrogen and oxygen atoms in total. The summed E-state index contributed by atoms with van der Waals surface area (Å²) in [7, 11) is 0. The number of rotatable bonds is 21. The number of carbonyl (C=O) groups is 6. The summed E-state index contributed by atoms with van der Waals surface area (Å²) in [6, 6.07) is 12.0. The summed E-state index contributed by atoms with van der Waals surface area (Å²) in [6.07, 6.45) is -1.98. The molecule has 6 amide bonds. The first kappa shape index (κ1) is 47.3. The maximum atomic E-state index is 13.8. The number of benzene rings is 3. The Kier molecular flexibility index (Phi) is 17.6. The lowest BCUT2D eigenvalue weighted by Crippen LogP contribution is -2.59. The monoisotopic (exact) mass is 916 g/mol. The Balaban J connectivity index is 1.48. The molecule has 3 aromatic carbocycles. The first-order valence-electron chi connectivity index (χ1n) is 19.1. The van der Waals surface area contributed by atoms with Gasteiger partial charge >= 0.3 is 6.18 Å². The van der Waals surface area contributed by atoms with Crippen molar-refractivity contribution in [1.82, 2.24) is 31.6 Å². The number of aromatic amines is 1. The van der Waals surface area contributed by atoms with E-state index in [1.54, 1.807) is 30.5 Å². The highest BCUT2D eigenvalue weighted by atomic mass is 79.9. The van der Waals surface area contributed by atoms with Crippen LogP contribution in [0.5, 0.6) is 0 Å². The van der Waals surface area contributed by atoms with Crippen molar-refractivity contribution in [1.29, 1.82) is 0 Å². The van der Waals surface area contributed by atoms with Crippen molar-refractivity contribution in [2.75, 3.05) is 12.3 Å². The van der Waals surface area contributed by atoms with Gasteiger partial charge in [0.2, 0.25) is 35.4 Å². The molecule has 4 aromatic rings. The third-order valence-electron chi connectivity index (χ3n) is 9.53. The molecular weight excluding hydrogens is 869 g/mol. The van der Waals surface area contributed by atoms with Crippen LogP contribution in [0.15, 0.2) is 83.5 Å². The molecule has 19 heteroatoms. The molecule has 0 aliphatic carbocycles. The molecule has 0 bridgehead atoms. The van der Waals surface area contributed by atoms with Crippen LogP contribution >= 0.6 is 28.6 Å². The molecule has 0 saturated heterocycles. The number of hydrogen-bond acceptors (Lipinski definition) is 8. The highest BCUT2D eigenvalue weighted by Crippen LogP contribution is 2.29. The molecule has 5 atom stereocenters. The van der Waals surface area contributed by atoms with Crippen LogP contribution in [0.25, 0.3) is 10.9 Å². The van der Waals surface area contributed by atoms with Crippen LogP contribution < -0.4 is 38.1 Å². The second kappa shape index (κ2) is 22.3. The number of nitrogens with one attached hydrogen (secondary N) is 6. The summed E-state index contributed by atoms with van der Waals surface area (Å²) in [4.78, 5) is 82.9. The fraction of sp³-hybridized carbons (Fsp3) is 0.366. The zero-order chi connectivity index (χ0) is 44.0. The van der Waals surface area contributed by atoms with Gasteiger partial charge in [0, 0.05) is 40.2 Å². The van der Waals surface area contributed by atoms with Crippen molar-refractivity contribution >= 4 is 74.9 Å². The van der Waals surface area contributed by atoms with Gasteiger partial charge in [-0.15, -0.1) is 0 Å². The summed E-state index contributed by atoms with van der Waals surface area (Å²) in [5.41, 5.74) is 12.8. The van der Waals surface area contributed by atoms with Gasteiger partial charge in [-0.25, -0.2) is 0 Å². The fourth-order valence-electron chi connectivity index (χ4n) is 6.27. The van der Waals surface area contributed by atoms with Gasteiger partial charge in [0.05, 0.1) is 12.0 Å². The molecule has 0 aliphatic rings. The minimum absolute atomic E-state index is 0.0184. The molecule has 4 rings (SSSR count). The van der Waals surface area contributed by atoms with Crippen molar-refractivity contribution in [3.63, 3.8) is 0 Å². The summed E-state index contributed by atoms with van der Waals surface area (Å²) >= 11 is 7.58. The van der Waals surface area contributed by atoms with E-state index in [0.29, 0.717) is 30.5 Å². The van der Waals surface area contributed by atoms with Crippen molar-refractivity contribution in [3.05, 3.63) is 106 Å². The Morgan fingerprint density at radius 1 is 0.750 bits per heavy atom. The summed E-state index contributed by atoms with van der Waals surface area (Å²) in [6.45, 7) is 1.70. The molecule has 1 aromatic heterocycles. The maximum absolute atomic E-state index is 13.8. The Morgan fingerprint density at radius 2 is 1.40 bits per heavy atom. The standard InChI is InChI=1S/C41H48BrF3N8O6S/c1-23(49-38(57)31(11-4-5-16-46)50-35(54)19-25-7-6-8-28(42)17-25)37(56)52-33(18-24-12-14-27(15-13-24)41(43,44)45)39(58)53-34(22-60)40(59)51-32(36(47)55)20-26-21-48-30-10-3-2-9-29(26)30/h2-3,6-10,12-15,17,21,23,31-34,48,60H,4-5,11,16,18-20,22,46H2,1H3,(H2,47,55)(H,49,57)(H,50,54)(H,51,59)(H,52,56)(H,53,58)/t23-,31-,32-,33+,34-/m0/s1. The van der Waals surface area contributed by atoms with Crippen molar-refractivity contribution in [3.8, 4) is 0 Å². The van der Waals surface area contributed by atoms with E-state index >= 15 is 0 Å². The normalized spacial score (nSPS) is 13.9. The number of nitrogens with two attached hydrogens (primary N) is 2. The van der Waals surface area contributed by atoms with Crippen LogP contribution in [0.3, 0.4) is 0 Å². The smallest absolute Gasteiger partial charge is 0.368 e. The number of hydrogen-bond donors (Lipinski definition) is 9. The van der Waals surface area contributed by atoms with Gasteiger partial charge in [0.1, 0.15) is 30.2 Å². The molecule has 322 valence electrons. The van der Waals surface area contributed by atoms with Crippen LogP contribution in [-0.4, -0.2) is 82.9 Å². The fourth-order valence-corrected chi connectivity index (χ4v) is 6.98. The number of H-pyrrole nitrogens is 1. The molecule has 0 radical (unpaired) electrons. The number of amides is 6. The topological polar surface area (TPSA) is 230 Å². The Hall–Kier alpha value is -5.40. The molecule has 0 aliphatic heterocycles. The molecule has 0 spiro atoms. The number of halogens is 4. The molecule has 10 N–H and O–H groups in total. The summed E-state index contributed by atoms with van der Waals surface area (Å²) in [5.74, 6) is -4.79. The summed E-state index contributed by atoms with van der Waals surface area (Å²) in [5, 5.41) is 13.7. The highest BCUT2D eigenvalue weighted by Gasteiger charge is 2.33. The molecule has 0 fully saturated rings. The van der Waals surface area contributed by atoms with Gasteiger partial charge in [0.25, 0.3) is 0 Å². The average molecular weight is 918 g/mol. The first-order valence-corrected chi connectivity index (χ1v) is 20.5. The number of primary amides is 1. The number of alkyl halides is 3. The third kappa shape index (κ3) is 14.1. The second-order valence-corrected chi connectivity index (χ2v) is 15.5. The number of para-hydroxylation sites is 1. The van der Waals surface area contributed by atoms with Gasteiger partial charge in [-0.3, -0.25) is 28.8 Å². The van der Waals surface area contributed by atoms with Gasteiger partial charge < -0.3 is 43.0 Å². The predicted molar refractivity (Wildman–Crippen MR) is 226 cm³/mol. The summed E-state index contributed by atoms with van der Waals surface area (Å²) < 4.78 is 40.7. The average Bonchev–Trinajstić information content (AvgIpc) is 3.61. The lowest BCUT2D eigenvalue weighted by atomic mass is 10.0. The largest absolute Gasteiger partial charge is 0.416 e. The van der Waals surface area contributed by atoms with E-state index < -0.39 is 77.4 Å². The Morgan fingerprint density at radius 3 is 2.05 bits per heavy atom. The van der Waals surface area contributed by atoms with Crippen LogP contribution in [0, 0.1) is 0 Å². The van der Waals surface area contributed by atoms with Crippen LogP contribution in [0.2, 0.25) is 0 Å². The minimum Gasteiger partial charge on any atom is -0.368 e. The van der Waals surface area contributed by atoms with E-state index in [2.05, 4.69) is 60.1 Å². The van der Waals surface area contributed by atoms with E-state index in [4.69, 9.17) is 11.5 Å². The first-order chi connectivity index (χ1) is 28.5. The highest BCUT2D eigenvalue weighted by molar-refractivity contribution is 9.10. The lowest BCUT2D eigenvalue weighted by Gasteiger charge is -2.26. The van der Waals surface area contributed by atoms with E-state index in [1.165, 1.54) is 6.92 Å². The lowest BCUT2D eigenvalue weighted by molar-refractivity contribution is -0.137. The van der Waals surface area contributed by atoms with E-state index in [0.717, 1.165) is 39.6 Å². The third-order valence-corrected chi connectivity index (χ3v) is 10.4. The van der Waals surface area contributed by atoms with Gasteiger partial charge in [0.15, 0.2) is 0 Å². The van der Waals surface area contributed by atoms with Crippen LogP contribution in [0.4, 0.5) is 13.2 Å². The number of fused-ring (bicyclic) bond motifs is 1. The molecule has 1 heterocycles. The van der Waals surface area contributed by atoms with Crippen LogP contribution in [0.1, 0.15) is 48.4 Å². The Labute approximate surface area is 358 Å². The quantitative estimate of drug-likeness (QED) is 0.0448. The molecule has 60 heavy (non-hydrogen) atoms. The van der Waals surface area contributed by atoms with Crippen molar-refractivity contribution in [2.24, 2.45) is 11.5 Å². The SMILES string of the molecule is C[C@H](NC(=O)[C@H](CCCCN)NC(=O)Cc1cccc(Br)c1)C(=O)N[C@H](Cc1ccc(C(F)(F)F)cc1)C(=O)N[C@@H](CS)C(=O)N[C@@H](Cc1c[nH]c2ccccc12)C(N)=O. The van der Waals surface area contributed by atoms with Crippen LogP contribution in [-0.2, 0) is 54.2 Å². The molecule has 0 saturated carbocycles. The van der Waals surface area contributed by atoms with Crippen molar-refractivity contribution in [2.45, 2.75) is 81.8 Å². The molecular formula is C41H48BrF3N8O6S. The number of carbonyl (C=O) groups excluding carboxylic acids is 6. The Bertz CT molecular complexity index is 2140. The van der Waals surface area contributed by atoms with E-state index in [1.807, 2.05) is 24.3 Å². The molecule has 0 unspecified atom stereocenters. The van der Waals surface area contributed by atoms with Gasteiger partial charge in [-0.05, 0) is 79.8 Å². The zero-order valence-corrected chi connectivity index (χ0v) is 35.1. The minimum atomic E-state index is -4.62. The van der Waals surface area contributed by atoms with E-state index in [-0.39, 0.29) is 37.0 Å². The van der Waals surface area contributed by atoms with Crippen molar-refractivity contribution < 1.29 is 41.9 Å². The van der Waals surface area contributed by atoms with Gasteiger partial charge in [-0.2, -0.15) is 25.8 Å². The number of unbranched alkanes of at least 4 members (excludes halogenated alkanes) is 1. The van der Waals surface area contributed by atoms with Gasteiger partial charge in [-0.1, -0.05) is 58.4 Å². The maximum Gasteiger partial charge on any atom is 0.416 e. The second-order valence-electron chi connectivity index (χ2n) is 14.2. The van der Waals surface area contributed by atoms with E-state index in [9.17, 15) is 41.9 Å². The predicted octanol–water partition coefficient (Wildman–Crippen LogP) is 2.97. The zero-order valence-electron chi connectivity index (χ0n) is 32.6. The number of thiol groups is 1. The number of aromatic nitrogens is 1.